The summed E-state index contributed by atoms with van der Waals surface area (Å²) in [4.78, 5) is 27.7. The highest BCUT2D eigenvalue weighted by molar-refractivity contribution is 6.08. The van der Waals surface area contributed by atoms with E-state index in [1.54, 1.807) is 18.2 Å². The summed E-state index contributed by atoms with van der Waals surface area (Å²) in [6.45, 7) is 0. The highest BCUT2D eigenvalue weighted by Gasteiger charge is 2.21. The molecule has 4 rings (SSSR count). The number of rotatable bonds is 4. The van der Waals surface area contributed by atoms with E-state index in [1.807, 2.05) is 0 Å². The van der Waals surface area contributed by atoms with Gasteiger partial charge in [0.25, 0.3) is 11.5 Å². The topological polar surface area (TPSA) is 111 Å². The van der Waals surface area contributed by atoms with E-state index in [0.29, 0.717) is 22.7 Å². The van der Waals surface area contributed by atoms with Gasteiger partial charge in [-0.1, -0.05) is 5.21 Å². The lowest BCUT2D eigenvalue weighted by atomic mass is 10.2. The number of methoxy groups -OCH3 is 2. The quantitative estimate of drug-likeness (QED) is 0.558. The van der Waals surface area contributed by atoms with Gasteiger partial charge in [0.1, 0.15) is 17.3 Å². The molecule has 2 heterocycles. The van der Waals surface area contributed by atoms with Gasteiger partial charge in [-0.25, -0.2) is 8.91 Å². The maximum absolute atomic E-state index is 13.4. The van der Waals surface area contributed by atoms with E-state index in [-0.39, 0.29) is 16.7 Å². The van der Waals surface area contributed by atoms with E-state index in [1.165, 1.54) is 36.9 Å². The molecule has 9 nitrogen and oxygen atoms in total. The monoisotopic (exact) mass is 383 g/mol. The van der Waals surface area contributed by atoms with Gasteiger partial charge in [0.15, 0.2) is 11.2 Å². The number of hydrogen-bond donors (Lipinski definition) is 2. The summed E-state index contributed by atoms with van der Waals surface area (Å²) >= 11 is 0. The molecule has 2 aromatic carbocycles. The highest BCUT2D eigenvalue weighted by Crippen LogP contribution is 2.29. The van der Waals surface area contributed by atoms with Crippen LogP contribution in [-0.4, -0.2) is 39.9 Å². The molecule has 0 aliphatic rings. The number of aromatic amines is 1. The second kappa shape index (κ2) is 6.65. The molecule has 142 valence electrons. The Labute approximate surface area is 156 Å². The second-order valence-electron chi connectivity index (χ2n) is 5.83. The number of fused-ring (bicyclic) bond motifs is 3. The molecule has 0 bridgehead atoms. The first kappa shape index (κ1) is 17.5. The van der Waals surface area contributed by atoms with Crippen molar-refractivity contribution in [2.24, 2.45) is 0 Å². The lowest BCUT2D eigenvalue weighted by Crippen LogP contribution is -2.18. The van der Waals surface area contributed by atoms with Gasteiger partial charge in [0.05, 0.1) is 30.9 Å². The molecule has 0 atom stereocenters. The van der Waals surface area contributed by atoms with Gasteiger partial charge in [-0.2, -0.15) is 0 Å². The number of nitrogens with one attached hydrogen (secondary N) is 2. The molecular weight excluding hydrogens is 369 g/mol. The Morgan fingerprint density at radius 3 is 2.75 bits per heavy atom. The number of carbonyl (C=O) groups excluding carboxylic acids is 1. The number of amides is 1. The first-order chi connectivity index (χ1) is 13.5. The average Bonchev–Trinajstić information content (AvgIpc) is 3.14. The zero-order valence-electron chi connectivity index (χ0n) is 14.8. The Morgan fingerprint density at radius 2 is 2.00 bits per heavy atom. The van der Waals surface area contributed by atoms with Crippen molar-refractivity contribution in [2.45, 2.75) is 0 Å². The number of nitrogens with zero attached hydrogens (tertiary/aromatic N) is 3. The van der Waals surface area contributed by atoms with Gasteiger partial charge in [-0.15, -0.1) is 5.10 Å². The van der Waals surface area contributed by atoms with Crippen LogP contribution < -0.4 is 20.3 Å². The Bertz CT molecular complexity index is 1280. The third-order valence-corrected chi connectivity index (χ3v) is 4.19. The van der Waals surface area contributed by atoms with Gasteiger partial charge >= 0.3 is 0 Å². The fraction of sp³-hybridized carbons (Fsp3) is 0.111. The average molecular weight is 383 g/mol. The van der Waals surface area contributed by atoms with Crippen LogP contribution in [0.1, 0.15) is 10.5 Å². The van der Waals surface area contributed by atoms with Gasteiger partial charge in [-0.05, 0) is 30.3 Å². The van der Waals surface area contributed by atoms with Crippen LogP contribution in [0.3, 0.4) is 0 Å². The molecule has 0 saturated carbocycles. The summed E-state index contributed by atoms with van der Waals surface area (Å²) in [5.74, 6) is -0.226. The molecule has 10 heteroatoms. The molecule has 2 aromatic heterocycles. The van der Waals surface area contributed by atoms with Crippen LogP contribution in [-0.2, 0) is 0 Å². The van der Waals surface area contributed by atoms with Crippen LogP contribution in [0, 0.1) is 5.82 Å². The number of H-pyrrole nitrogens is 1. The third kappa shape index (κ3) is 2.80. The van der Waals surface area contributed by atoms with Gasteiger partial charge in [0, 0.05) is 6.07 Å². The fourth-order valence-electron chi connectivity index (χ4n) is 2.87. The highest BCUT2D eigenvalue weighted by atomic mass is 19.1. The summed E-state index contributed by atoms with van der Waals surface area (Å²) in [5, 5.41) is 10.4. The zero-order chi connectivity index (χ0) is 19.8. The van der Waals surface area contributed by atoms with E-state index in [0.717, 1.165) is 0 Å². The van der Waals surface area contributed by atoms with Gasteiger partial charge < -0.3 is 19.8 Å². The summed E-state index contributed by atoms with van der Waals surface area (Å²) in [7, 11) is 2.96. The fourth-order valence-corrected chi connectivity index (χ4v) is 2.87. The molecule has 0 fully saturated rings. The third-order valence-electron chi connectivity index (χ3n) is 4.19. The second-order valence-corrected chi connectivity index (χ2v) is 5.83. The predicted octanol–water partition coefficient (Wildman–Crippen LogP) is 1.98. The molecule has 2 N–H and O–H groups in total. The molecule has 0 radical (unpaired) electrons. The Balaban J connectivity index is 1.79. The minimum atomic E-state index is -0.648. The molecule has 28 heavy (non-hydrogen) atoms. The number of benzene rings is 2. The molecule has 0 aliphatic heterocycles. The number of carbonyl (C=O) groups is 1. The van der Waals surface area contributed by atoms with Crippen molar-refractivity contribution in [2.75, 3.05) is 19.5 Å². The normalized spacial score (nSPS) is 11.0. The summed E-state index contributed by atoms with van der Waals surface area (Å²) in [6, 6.07) is 8.69. The van der Waals surface area contributed by atoms with Crippen molar-refractivity contribution in [1.29, 1.82) is 0 Å². The molecule has 0 saturated heterocycles. The van der Waals surface area contributed by atoms with E-state index >= 15 is 0 Å². The van der Waals surface area contributed by atoms with E-state index < -0.39 is 17.3 Å². The van der Waals surface area contributed by atoms with Crippen molar-refractivity contribution in [3.63, 3.8) is 0 Å². The van der Waals surface area contributed by atoms with E-state index in [2.05, 4.69) is 20.6 Å². The zero-order valence-corrected chi connectivity index (χ0v) is 14.8. The number of aromatic nitrogens is 4. The van der Waals surface area contributed by atoms with Crippen molar-refractivity contribution in [3.8, 4) is 11.5 Å². The number of hydrogen-bond acceptors (Lipinski definition) is 6. The summed E-state index contributed by atoms with van der Waals surface area (Å²) in [6.07, 6.45) is 0. The Hall–Kier alpha value is -3.95. The molecule has 0 unspecified atom stereocenters. The SMILES string of the molecule is COc1ccc(NC(=O)c2nnn3c2c(=O)[nH]c2cc(F)ccc23)c(OC)c1. The lowest BCUT2D eigenvalue weighted by molar-refractivity contribution is 0.102. The van der Waals surface area contributed by atoms with Crippen LogP contribution in [0.4, 0.5) is 10.1 Å². The van der Waals surface area contributed by atoms with Crippen LogP contribution in [0.5, 0.6) is 11.5 Å². The number of halogens is 1. The summed E-state index contributed by atoms with van der Waals surface area (Å²) < 4.78 is 25.0. The molecule has 0 aliphatic carbocycles. The molecule has 1 amide bonds. The maximum atomic E-state index is 13.4. The molecular formula is C18H14FN5O4. The van der Waals surface area contributed by atoms with Gasteiger partial charge in [0.2, 0.25) is 0 Å². The Morgan fingerprint density at radius 1 is 1.18 bits per heavy atom. The van der Waals surface area contributed by atoms with Crippen molar-refractivity contribution in [1.82, 2.24) is 19.8 Å². The van der Waals surface area contributed by atoms with Gasteiger partial charge in [-0.3, -0.25) is 9.59 Å². The molecule has 0 spiro atoms. The standard InChI is InChI=1S/C18H14FN5O4/c1-27-10-4-5-11(14(8-10)28-2)20-17(25)15-16-18(26)21-12-7-9(19)3-6-13(12)24(16)23-22-15/h3-8H,1-2H3,(H,20,25)(H,21,26). The minimum Gasteiger partial charge on any atom is -0.497 e. The smallest absolute Gasteiger partial charge is 0.278 e. The van der Waals surface area contributed by atoms with Crippen LogP contribution in [0.25, 0.3) is 16.6 Å². The largest absolute Gasteiger partial charge is 0.497 e. The number of ether oxygens (including phenoxy) is 2. The van der Waals surface area contributed by atoms with E-state index in [4.69, 9.17) is 9.47 Å². The predicted molar refractivity (Wildman–Crippen MR) is 98.6 cm³/mol. The number of anilines is 1. The first-order valence-electron chi connectivity index (χ1n) is 8.12. The molecule has 4 aromatic rings. The van der Waals surface area contributed by atoms with E-state index in [9.17, 15) is 14.0 Å². The van der Waals surface area contributed by atoms with Crippen molar-refractivity contribution >= 4 is 28.1 Å². The Kier molecular flexibility index (Phi) is 4.15. The van der Waals surface area contributed by atoms with Crippen LogP contribution >= 0.6 is 0 Å². The van der Waals surface area contributed by atoms with Crippen LogP contribution in [0.2, 0.25) is 0 Å². The summed E-state index contributed by atoms with van der Waals surface area (Å²) in [5.41, 5.74) is 0.175. The maximum Gasteiger partial charge on any atom is 0.278 e. The van der Waals surface area contributed by atoms with Crippen molar-refractivity contribution < 1.29 is 18.7 Å². The van der Waals surface area contributed by atoms with Crippen molar-refractivity contribution in [3.05, 3.63) is 58.3 Å². The first-order valence-corrected chi connectivity index (χ1v) is 8.12. The minimum absolute atomic E-state index is 0.0518. The van der Waals surface area contributed by atoms with Crippen LogP contribution in [0.15, 0.2) is 41.2 Å². The lowest BCUT2D eigenvalue weighted by Gasteiger charge is -2.10.